The minimum atomic E-state index is -0.180. The molecule has 0 atom stereocenters. The predicted molar refractivity (Wildman–Crippen MR) is 75.1 cm³/mol. The number of hydrogen-bond acceptors (Lipinski definition) is 3. The number of hydrogen-bond donors (Lipinski definition) is 2. The summed E-state index contributed by atoms with van der Waals surface area (Å²) in [7, 11) is 0. The Morgan fingerprint density at radius 3 is 2.79 bits per heavy atom. The van der Waals surface area contributed by atoms with Crippen molar-refractivity contribution in [2.24, 2.45) is 0 Å². The van der Waals surface area contributed by atoms with E-state index in [-0.39, 0.29) is 11.9 Å². The summed E-state index contributed by atoms with van der Waals surface area (Å²) in [6.07, 6.45) is 5.20. The number of nitrogens with two attached hydrogens (primary N) is 1. The number of nitrogen functional groups attached to an aromatic ring is 1. The highest BCUT2D eigenvalue weighted by Gasteiger charge is 2.15. The van der Waals surface area contributed by atoms with Gasteiger partial charge in [-0.05, 0) is 26.8 Å². The molecule has 2 aromatic heterocycles. The quantitative estimate of drug-likeness (QED) is 0.885. The van der Waals surface area contributed by atoms with E-state index in [0.29, 0.717) is 17.1 Å². The molecule has 0 saturated carbocycles. The molecular weight excluding hydrogens is 242 g/mol. The van der Waals surface area contributed by atoms with Crippen LogP contribution in [0.1, 0.15) is 37.3 Å². The van der Waals surface area contributed by atoms with Gasteiger partial charge in [-0.1, -0.05) is 0 Å². The van der Waals surface area contributed by atoms with Crippen molar-refractivity contribution in [2.45, 2.75) is 33.4 Å². The summed E-state index contributed by atoms with van der Waals surface area (Å²) in [5.74, 6) is -0.180. The van der Waals surface area contributed by atoms with Gasteiger partial charge in [0, 0.05) is 25.0 Å². The van der Waals surface area contributed by atoms with Crippen molar-refractivity contribution in [2.75, 3.05) is 11.1 Å². The van der Waals surface area contributed by atoms with Crippen LogP contribution < -0.4 is 11.1 Å². The smallest absolute Gasteiger partial charge is 0.272 e. The SMILES string of the molecule is CCn1cc(NC(=O)c2cc(N)cn2C(C)C)cn1. The zero-order valence-corrected chi connectivity index (χ0v) is 11.4. The van der Waals surface area contributed by atoms with E-state index in [1.807, 2.05) is 25.3 Å². The third kappa shape index (κ3) is 2.78. The second-order valence-electron chi connectivity index (χ2n) is 4.70. The normalized spacial score (nSPS) is 10.9. The van der Waals surface area contributed by atoms with E-state index in [9.17, 15) is 4.79 Å². The van der Waals surface area contributed by atoms with Crippen LogP contribution in [0.4, 0.5) is 11.4 Å². The first-order valence-electron chi connectivity index (χ1n) is 6.32. The molecule has 0 fully saturated rings. The Morgan fingerprint density at radius 2 is 2.21 bits per heavy atom. The van der Waals surface area contributed by atoms with Gasteiger partial charge in [0.25, 0.3) is 5.91 Å². The summed E-state index contributed by atoms with van der Waals surface area (Å²) >= 11 is 0. The average Bonchev–Trinajstić information content (AvgIpc) is 2.95. The summed E-state index contributed by atoms with van der Waals surface area (Å²) < 4.78 is 3.61. The summed E-state index contributed by atoms with van der Waals surface area (Å²) in [5, 5.41) is 6.94. The van der Waals surface area contributed by atoms with Crippen LogP contribution in [0.15, 0.2) is 24.7 Å². The van der Waals surface area contributed by atoms with E-state index < -0.39 is 0 Å². The van der Waals surface area contributed by atoms with Crippen LogP contribution in [0.25, 0.3) is 0 Å². The molecule has 102 valence electrons. The summed E-state index contributed by atoms with van der Waals surface area (Å²) in [4.78, 5) is 12.2. The lowest BCUT2D eigenvalue weighted by Gasteiger charge is -2.11. The van der Waals surface area contributed by atoms with Crippen molar-refractivity contribution in [1.82, 2.24) is 14.3 Å². The first-order valence-corrected chi connectivity index (χ1v) is 6.32. The molecule has 2 aromatic rings. The highest BCUT2D eigenvalue weighted by atomic mass is 16.2. The molecule has 0 aliphatic heterocycles. The maximum absolute atomic E-state index is 12.2. The maximum Gasteiger partial charge on any atom is 0.272 e. The topological polar surface area (TPSA) is 77.9 Å². The van der Waals surface area contributed by atoms with Crippen molar-refractivity contribution in [3.63, 3.8) is 0 Å². The molecule has 19 heavy (non-hydrogen) atoms. The van der Waals surface area contributed by atoms with Crippen LogP contribution in [0.5, 0.6) is 0 Å². The Balaban J connectivity index is 2.20. The largest absolute Gasteiger partial charge is 0.397 e. The lowest BCUT2D eigenvalue weighted by molar-refractivity contribution is 0.101. The van der Waals surface area contributed by atoms with Crippen molar-refractivity contribution in [3.8, 4) is 0 Å². The van der Waals surface area contributed by atoms with Crippen LogP contribution >= 0.6 is 0 Å². The fourth-order valence-corrected chi connectivity index (χ4v) is 1.91. The number of aromatic nitrogens is 3. The van der Waals surface area contributed by atoms with Gasteiger partial charge in [-0.25, -0.2) is 0 Å². The van der Waals surface area contributed by atoms with Gasteiger partial charge < -0.3 is 15.6 Å². The molecule has 0 aliphatic rings. The molecular formula is C13H19N5O. The second-order valence-corrected chi connectivity index (χ2v) is 4.70. The van der Waals surface area contributed by atoms with E-state index in [0.717, 1.165) is 6.54 Å². The molecule has 0 spiro atoms. The molecule has 2 heterocycles. The lowest BCUT2D eigenvalue weighted by Crippen LogP contribution is -2.17. The number of nitrogens with one attached hydrogen (secondary N) is 1. The van der Waals surface area contributed by atoms with Crippen LogP contribution in [0, 0.1) is 0 Å². The molecule has 6 nitrogen and oxygen atoms in total. The van der Waals surface area contributed by atoms with Crippen molar-refractivity contribution in [3.05, 3.63) is 30.4 Å². The molecule has 3 N–H and O–H groups in total. The molecule has 6 heteroatoms. The van der Waals surface area contributed by atoms with Crippen molar-refractivity contribution < 1.29 is 4.79 Å². The average molecular weight is 261 g/mol. The van der Waals surface area contributed by atoms with Gasteiger partial charge in [0.1, 0.15) is 5.69 Å². The van der Waals surface area contributed by atoms with Crippen LogP contribution in [-0.4, -0.2) is 20.3 Å². The zero-order valence-electron chi connectivity index (χ0n) is 11.4. The molecule has 0 aliphatic carbocycles. The Morgan fingerprint density at radius 1 is 1.47 bits per heavy atom. The third-order valence-corrected chi connectivity index (χ3v) is 2.87. The van der Waals surface area contributed by atoms with Gasteiger partial charge in [0.2, 0.25) is 0 Å². The minimum absolute atomic E-state index is 0.177. The van der Waals surface area contributed by atoms with E-state index in [1.54, 1.807) is 29.3 Å². The maximum atomic E-state index is 12.2. The highest BCUT2D eigenvalue weighted by molar-refractivity contribution is 6.03. The number of rotatable bonds is 4. The van der Waals surface area contributed by atoms with Crippen molar-refractivity contribution in [1.29, 1.82) is 0 Å². The minimum Gasteiger partial charge on any atom is -0.397 e. The number of carbonyl (C=O) groups is 1. The van der Waals surface area contributed by atoms with Gasteiger partial charge in [0.05, 0.1) is 17.6 Å². The Bertz CT molecular complexity index is 582. The number of aryl methyl sites for hydroxylation is 1. The molecule has 2 rings (SSSR count). The fourth-order valence-electron chi connectivity index (χ4n) is 1.91. The number of anilines is 2. The van der Waals surface area contributed by atoms with Gasteiger partial charge in [-0.2, -0.15) is 5.10 Å². The van der Waals surface area contributed by atoms with Crippen molar-refractivity contribution >= 4 is 17.3 Å². The Labute approximate surface area is 112 Å². The van der Waals surface area contributed by atoms with E-state index >= 15 is 0 Å². The van der Waals surface area contributed by atoms with Gasteiger partial charge >= 0.3 is 0 Å². The summed E-state index contributed by atoms with van der Waals surface area (Å²) in [5.41, 5.74) is 7.58. The molecule has 0 aromatic carbocycles. The van der Waals surface area contributed by atoms with Gasteiger partial charge in [-0.3, -0.25) is 9.48 Å². The standard InChI is InChI=1S/C13H19N5O/c1-4-17-8-11(6-15-17)16-13(19)12-5-10(14)7-18(12)9(2)3/h5-9H,4,14H2,1-3H3,(H,16,19). The first-order chi connectivity index (χ1) is 9.01. The van der Waals surface area contributed by atoms with Crippen LogP contribution in [0.3, 0.4) is 0 Å². The molecule has 0 unspecified atom stereocenters. The molecule has 0 bridgehead atoms. The highest BCUT2D eigenvalue weighted by Crippen LogP contribution is 2.18. The molecule has 0 radical (unpaired) electrons. The van der Waals surface area contributed by atoms with E-state index in [2.05, 4.69) is 10.4 Å². The van der Waals surface area contributed by atoms with Crippen LogP contribution in [0.2, 0.25) is 0 Å². The van der Waals surface area contributed by atoms with Gasteiger partial charge in [-0.15, -0.1) is 0 Å². The number of carbonyl (C=O) groups excluding carboxylic acids is 1. The second kappa shape index (κ2) is 5.17. The summed E-state index contributed by atoms with van der Waals surface area (Å²) in [6.45, 7) is 6.77. The van der Waals surface area contributed by atoms with Crippen LogP contribution in [-0.2, 0) is 6.54 Å². The predicted octanol–water partition coefficient (Wildman–Crippen LogP) is 2.12. The lowest BCUT2D eigenvalue weighted by atomic mass is 10.3. The molecule has 1 amide bonds. The van der Waals surface area contributed by atoms with E-state index in [1.165, 1.54) is 0 Å². The number of nitrogens with zero attached hydrogens (tertiary/aromatic N) is 3. The third-order valence-electron chi connectivity index (χ3n) is 2.87. The Kier molecular flexibility index (Phi) is 3.59. The molecule has 0 saturated heterocycles. The van der Waals surface area contributed by atoms with E-state index in [4.69, 9.17) is 5.73 Å². The Hall–Kier alpha value is -2.24. The van der Waals surface area contributed by atoms with Gasteiger partial charge in [0.15, 0.2) is 0 Å². The zero-order chi connectivity index (χ0) is 14.0. The monoisotopic (exact) mass is 261 g/mol. The number of amides is 1. The fraction of sp³-hybridized carbons (Fsp3) is 0.385. The summed E-state index contributed by atoms with van der Waals surface area (Å²) in [6, 6.07) is 1.86. The first kappa shape index (κ1) is 13.2.